The van der Waals surface area contributed by atoms with Crippen LogP contribution in [0.5, 0.6) is 0 Å². The van der Waals surface area contributed by atoms with Crippen molar-refractivity contribution in [1.82, 2.24) is 4.90 Å². The summed E-state index contributed by atoms with van der Waals surface area (Å²) in [5.41, 5.74) is 0.579. The number of benzene rings is 1. The van der Waals surface area contributed by atoms with E-state index in [2.05, 4.69) is 4.90 Å². The summed E-state index contributed by atoms with van der Waals surface area (Å²) in [5.74, 6) is 1.36. The molecule has 1 aliphatic rings. The average molecular weight is 337 g/mol. The minimum Gasteiger partial charge on any atom is -0.460 e. The van der Waals surface area contributed by atoms with Crippen molar-refractivity contribution in [3.63, 3.8) is 0 Å². The van der Waals surface area contributed by atoms with E-state index in [1.165, 1.54) is 12.1 Å². The molecule has 2 heterocycles. The van der Waals surface area contributed by atoms with E-state index in [0.29, 0.717) is 24.4 Å². The first kappa shape index (κ1) is 16.0. The number of halogens is 1. The van der Waals surface area contributed by atoms with Crippen molar-refractivity contribution < 1.29 is 14.4 Å². The summed E-state index contributed by atoms with van der Waals surface area (Å²) in [6.07, 6.45) is 1.55. The van der Waals surface area contributed by atoms with Crippen molar-refractivity contribution >= 4 is 17.3 Å². The number of hydrogen-bond acceptors (Lipinski definition) is 5. The second-order valence-electron chi connectivity index (χ2n) is 5.72. The zero-order valence-electron chi connectivity index (χ0n) is 12.4. The maximum atomic E-state index is 10.8. The van der Waals surface area contributed by atoms with Gasteiger partial charge >= 0.3 is 0 Å². The number of nitro groups is 1. The highest BCUT2D eigenvalue weighted by molar-refractivity contribution is 6.33. The second kappa shape index (κ2) is 6.70. The summed E-state index contributed by atoms with van der Waals surface area (Å²) in [5, 5.41) is 20.7. The van der Waals surface area contributed by atoms with Crippen LogP contribution in [0.1, 0.15) is 18.6 Å². The molecule has 0 saturated carbocycles. The first-order valence-corrected chi connectivity index (χ1v) is 7.84. The molecule has 1 unspecified atom stereocenters. The predicted molar refractivity (Wildman–Crippen MR) is 86.3 cm³/mol. The Balaban J connectivity index is 1.75. The van der Waals surface area contributed by atoms with Crippen LogP contribution >= 0.6 is 11.6 Å². The predicted octanol–water partition coefficient (Wildman–Crippen LogP) is 3.46. The molecule has 1 N–H and O–H groups in total. The van der Waals surface area contributed by atoms with Crippen LogP contribution in [0.2, 0.25) is 5.02 Å². The van der Waals surface area contributed by atoms with Gasteiger partial charge in [0, 0.05) is 24.2 Å². The largest absolute Gasteiger partial charge is 0.460 e. The Labute approximate surface area is 138 Å². The molecule has 1 fully saturated rings. The molecule has 0 radical (unpaired) electrons. The minimum atomic E-state index is -0.481. The number of nitrogens with zero attached hydrogens (tertiary/aromatic N) is 2. The highest BCUT2D eigenvalue weighted by Crippen LogP contribution is 2.32. The van der Waals surface area contributed by atoms with Crippen LogP contribution in [-0.4, -0.2) is 34.1 Å². The van der Waals surface area contributed by atoms with Gasteiger partial charge in [-0.05, 0) is 37.6 Å². The molecule has 3 rings (SSSR count). The Morgan fingerprint density at radius 3 is 2.91 bits per heavy atom. The molecule has 23 heavy (non-hydrogen) atoms. The number of β-amino-alcohol motifs (C(OH)–C–C–N with tert-alkyl or cyclic N) is 1. The Morgan fingerprint density at radius 1 is 1.39 bits per heavy atom. The van der Waals surface area contributed by atoms with E-state index in [0.717, 1.165) is 25.1 Å². The van der Waals surface area contributed by atoms with Crippen LogP contribution in [0.3, 0.4) is 0 Å². The van der Waals surface area contributed by atoms with E-state index in [1.807, 2.05) is 12.1 Å². The number of rotatable bonds is 4. The summed E-state index contributed by atoms with van der Waals surface area (Å²) in [4.78, 5) is 12.4. The van der Waals surface area contributed by atoms with E-state index < -0.39 is 4.92 Å². The zero-order valence-corrected chi connectivity index (χ0v) is 13.2. The Hall–Kier alpha value is -1.89. The van der Waals surface area contributed by atoms with Gasteiger partial charge in [0.1, 0.15) is 11.5 Å². The van der Waals surface area contributed by atoms with Crippen LogP contribution in [0.15, 0.2) is 34.7 Å². The van der Waals surface area contributed by atoms with Crippen molar-refractivity contribution in [2.24, 2.45) is 0 Å². The van der Waals surface area contributed by atoms with E-state index in [9.17, 15) is 15.2 Å². The molecule has 1 aliphatic heterocycles. The molecular formula is C16H17ClN2O4. The molecular weight excluding hydrogens is 320 g/mol. The van der Waals surface area contributed by atoms with Gasteiger partial charge in [-0.1, -0.05) is 11.6 Å². The highest BCUT2D eigenvalue weighted by atomic mass is 35.5. The second-order valence-corrected chi connectivity index (χ2v) is 6.13. The molecule has 7 heteroatoms. The van der Waals surface area contributed by atoms with Gasteiger partial charge in [-0.25, -0.2) is 0 Å². The van der Waals surface area contributed by atoms with Gasteiger partial charge in [0.15, 0.2) is 0 Å². The van der Waals surface area contributed by atoms with Crippen molar-refractivity contribution in [3.8, 4) is 11.3 Å². The van der Waals surface area contributed by atoms with Crippen LogP contribution in [0.4, 0.5) is 5.69 Å². The Bertz CT molecular complexity index is 716. The molecule has 6 nitrogen and oxygen atoms in total. The van der Waals surface area contributed by atoms with Gasteiger partial charge in [0.25, 0.3) is 5.69 Å². The van der Waals surface area contributed by atoms with Crippen LogP contribution in [0, 0.1) is 10.1 Å². The SMILES string of the molecule is O=[N+]([O-])c1ccc(-c2ccc(CN3CCCC(O)C3)o2)c(Cl)c1. The fourth-order valence-corrected chi connectivity index (χ4v) is 3.09. The molecule has 1 saturated heterocycles. The molecule has 1 atom stereocenters. The number of likely N-dealkylation sites (tertiary alicyclic amines) is 1. The van der Waals surface area contributed by atoms with Gasteiger partial charge in [-0.3, -0.25) is 15.0 Å². The Morgan fingerprint density at radius 2 is 2.22 bits per heavy atom. The summed E-state index contributed by atoms with van der Waals surface area (Å²) >= 11 is 6.12. The van der Waals surface area contributed by atoms with Gasteiger partial charge in [0.05, 0.1) is 22.6 Å². The number of piperidine rings is 1. The number of furan rings is 1. The standard InChI is InChI=1S/C16H17ClN2O4/c17-15-8-11(19(21)22)3-5-14(15)16-6-4-13(23-16)10-18-7-1-2-12(20)9-18/h3-6,8,12,20H,1-2,7,9-10H2. The average Bonchev–Trinajstić information content (AvgIpc) is 2.95. The van der Waals surface area contributed by atoms with Crippen LogP contribution < -0.4 is 0 Å². The molecule has 1 aromatic heterocycles. The number of hydrogen-bond donors (Lipinski definition) is 1. The summed E-state index contributed by atoms with van der Waals surface area (Å²) in [6, 6.07) is 8.00. The van der Waals surface area contributed by atoms with Gasteiger partial charge in [-0.2, -0.15) is 0 Å². The molecule has 2 aromatic rings. The first-order valence-electron chi connectivity index (χ1n) is 7.46. The van der Waals surface area contributed by atoms with E-state index in [1.54, 1.807) is 6.07 Å². The lowest BCUT2D eigenvalue weighted by Gasteiger charge is -2.29. The maximum absolute atomic E-state index is 10.8. The monoisotopic (exact) mass is 336 g/mol. The van der Waals surface area contributed by atoms with Crippen molar-refractivity contribution in [1.29, 1.82) is 0 Å². The number of nitro benzene ring substituents is 1. The lowest BCUT2D eigenvalue weighted by Crippen LogP contribution is -2.37. The maximum Gasteiger partial charge on any atom is 0.270 e. The van der Waals surface area contributed by atoms with Gasteiger partial charge in [-0.15, -0.1) is 0 Å². The molecule has 1 aromatic carbocycles. The summed E-state index contributed by atoms with van der Waals surface area (Å²) in [6.45, 7) is 2.21. The number of non-ortho nitro benzene ring substituents is 1. The summed E-state index contributed by atoms with van der Waals surface area (Å²) < 4.78 is 5.81. The van der Waals surface area contributed by atoms with E-state index in [-0.39, 0.29) is 16.8 Å². The topological polar surface area (TPSA) is 79.8 Å². The van der Waals surface area contributed by atoms with Crippen LogP contribution in [0.25, 0.3) is 11.3 Å². The van der Waals surface area contributed by atoms with Crippen molar-refractivity contribution in [2.45, 2.75) is 25.5 Å². The highest BCUT2D eigenvalue weighted by Gasteiger charge is 2.19. The quantitative estimate of drug-likeness (QED) is 0.683. The lowest BCUT2D eigenvalue weighted by molar-refractivity contribution is -0.384. The zero-order chi connectivity index (χ0) is 16.4. The van der Waals surface area contributed by atoms with Crippen LogP contribution in [-0.2, 0) is 6.54 Å². The van der Waals surface area contributed by atoms with E-state index >= 15 is 0 Å². The first-order chi connectivity index (χ1) is 11.0. The Kier molecular flexibility index (Phi) is 4.66. The normalized spacial score (nSPS) is 19.0. The fourth-order valence-electron chi connectivity index (χ4n) is 2.82. The van der Waals surface area contributed by atoms with Crippen molar-refractivity contribution in [2.75, 3.05) is 13.1 Å². The molecule has 122 valence electrons. The van der Waals surface area contributed by atoms with E-state index in [4.69, 9.17) is 16.0 Å². The third kappa shape index (κ3) is 3.72. The third-order valence-electron chi connectivity index (χ3n) is 3.95. The third-order valence-corrected chi connectivity index (χ3v) is 4.26. The minimum absolute atomic E-state index is 0.0483. The molecule has 0 amide bonds. The van der Waals surface area contributed by atoms with Gasteiger partial charge in [0.2, 0.25) is 0 Å². The van der Waals surface area contributed by atoms with Gasteiger partial charge < -0.3 is 9.52 Å². The summed E-state index contributed by atoms with van der Waals surface area (Å²) in [7, 11) is 0. The van der Waals surface area contributed by atoms with Crippen molar-refractivity contribution in [3.05, 3.63) is 51.2 Å². The fraction of sp³-hybridized carbons (Fsp3) is 0.375. The lowest BCUT2D eigenvalue weighted by atomic mass is 10.1. The smallest absolute Gasteiger partial charge is 0.270 e. The number of aliphatic hydroxyl groups excluding tert-OH is 1. The molecule has 0 spiro atoms. The molecule has 0 bridgehead atoms. The number of aliphatic hydroxyl groups is 1. The molecule has 0 aliphatic carbocycles.